The summed E-state index contributed by atoms with van der Waals surface area (Å²) in [5.74, 6) is -0.518. The first-order valence-electron chi connectivity index (χ1n) is 7.40. The number of rotatable bonds is 4. The van der Waals surface area contributed by atoms with E-state index in [1.807, 2.05) is 27.7 Å². The van der Waals surface area contributed by atoms with Gasteiger partial charge in [0.2, 0.25) is 0 Å². The van der Waals surface area contributed by atoms with Gasteiger partial charge < -0.3 is 9.47 Å². The third kappa shape index (κ3) is 3.69. The topological polar surface area (TPSA) is 89.9 Å². The molecule has 0 radical (unpaired) electrons. The number of hydrogen-bond donors (Lipinski definition) is 1. The zero-order valence-corrected chi connectivity index (χ0v) is 15.1. The van der Waals surface area contributed by atoms with Crippen molar-refractivity contribution in [3.05, 3.63) is 0 Å². The van der Waals surface area contributed by atoms with Gasteiger partial charge in [0.05, 0.1) is 11.2 Å². The second kappa shape index (κ2) is 6.19. The number of methoxy groups -OCH3 is 2. The van der Waals surface area contributed by atoms with Crippen LogP contribution in [0.15, 0.2) is 0 Å². The third-order valence-electron chi connectivity index (χ3n) is 5.55. The molecule has 0 aromatic heterocycles. The summed E-state index contributed by atoms with van der Waals surface area (Å²) in [5, 5.41) is 0. The van der Waals surface area contributed by atoms with Crippen molar-refractivity contribution in [2.45, 2.75) is 52.7 Å². The molecule has 0 aliphatic heterocycles. The lowest BCUT2D eigenvalue weighted by Crippen LogP contribution is -2.42. The van der Waals surface area contributed by atoms with Crippen LogP contribution >= 0.6 is 0 Å². The predicted octanol–water partition coefficient (Wildman–Crippen LogP) is 2.28. The molecule has 2 aliphatic rings. The van der Waals surface area contributed by atoms with Crippen LogP contribution < -0.4 is 0 Å². The normalized spacial score (nSPS) is 30.1. The average molecular weight is 336 g/mol. The van der Waals surface area contributed by atoms with Crippen LogP contribution in [0.1, 0.15) is 47.0 Å². The van der Waals surface area contributed by atoms with Gasteiger partial charge in [0, 0.05) is 20.6 Å². The van der Waals surface area contributed by atoms with Crippen LogP contribution in [0.3, 0.4) is 0 Å². The summed E-state index contributed by atoms with van der Waals surface area (Å²) in [5.41, 5.74) is -1.12. The summed E-state index contributed by atoms with van der Waals surface area (Å²) in [6.45, 7) is 7.60. The van der Waals surface area contributed by atoms with Crippen molar-refractivity contribution < 1.29 is 27.2 Å². The van der Waals surface area contributed by atoms with Gasteiger partial charge in [0.25, 0.3) is 10.1 Å². The molecule has 0 saturated heterocycles. The second-order valence-corrected chi connectivity index (χ2v) is 8.65. The predicted molar refractivity (Wildman–Crippen MR) is 83.1 cm³/mol. The van der Waals surface area contributed by atoms with E-state index in [0.717, 1.165) is 6.42 Å². The number of carbonyl (C=O) groups is 1. The van der Waals surface area contributed by atoms with Gasteiger partial charge in [-0.1, -0.05) is 13.8 Å². The summed E-state index contributed by atoms with van der Waals surface area (Å²) in [6, 6.07) is 0. The van der Waals surface area contributed by atoms with Crippen LogP contribution in [0.25, 0.3) is 0 Å². The van der Waals surface area contributed by atoms with Crippen molar-refractivity contribution in [3.8, 4) is 0 Å². The molecular formula is C15H28O6S. The number of fused-ring (bicyclic) bond motifs is 2. The molecule has 7 heteroatoms. The fourth-order valence-corrected chi connectivity index (χ4v) is 4.80. The Morgan fingerprint density at radius 3 is 2.00 bits per heavy atom. The zero-order chi connectivity index (χ0) is 17.4. The Morgan fingerprint density at radius 1 is 1.27 bits per heavy atom. The van der Waals surface area contributed by atoms with Gasteiger partial charge in [0.15, 0.2) is 5.79 Å². The Bertz CT molecular complexity index is 516. The van der Waals surface area contributed by atoms with Crippen molar-refractivity contribution >= 4 is 15.9 Å². The molecule has 130 valence electrons. The van der Waals surface area contributed by atoms with E-state index in [9.17, 15) is 13.2 Å². The molecule has 2 unspecified atom stereocenters. The zero-order valence-electron chi connectivity index (χ0n) is 14.3. The SMILES string of the molecule is CC1(C)C2CCC1(CS(=O)(=O)O)C(=O)C2.COC(C)(C)OC. The van der Waals surface area contributed by atoms with E-state index < -0.39 is 27.1 Å². The van der Waals surface area contributed by atoms with E-state index in [2.05, 4.69) is 0 Å². The Hall–Kier alpha value is -0.500. The Labute approximate surface area is 133 Å². The minimum absolute atomic E-state index is 0.0152. The number of ketones is 1. The maximum absolute atomic E-state index is 11.9. The minimum Gasteiger partial charge on any atom is -0.354 e. The molecule has 0 spiro atoms. The number of hydrogen-bond acceptors (Lipinski definition) is 5. The summed E-state index contributed by atoms with van der Waals surface area (Å²) < 4.78 is 40.7. The lowest BCUT2D eigenvalue weighted by molar-refractivity contribution is -0.178. The molecule has 2 aliphatic carbocycles. The molecule has 0 aromatic carbocycles. The van der Waals surface area contributed by atoms with Crippen molar-refractivity contribution in [2.24, 2.45) is 16.7 Å². The van der Waals surface area contributed by atoms with Gasteiger partial charge in [-0.3, -0.25) is 9.35 Å². The van der Waals surface area contributed by atoms with Gasteiger partial charge in [-0.2, -0.15) is 8.42 Å². The Kier molecular flexibility index (Phi) is 5.50. The fraction of sp³-hybridized carbons (Fsp3) is 0.933. The quantitative estimate of drug-likeness (QED) is 0.626. The van der Waals surface area contributed by atoms with Crippen LogP contribution in [0.2, 0.25) is 0 Å². The van der Waals surface area contributed by atoms with Gasteiger partial charge in [-0.25, -0.2) is 0 Å². The molecule has 0 amide bonds. The van der Waals surface area contributed by atoms with E-state index in [1.165, 1.54) is 0 Å². The third-order valence-corrected chi connectivity index (χ3v) is 6.41. The van der Waals surface area contributed by atoms with E-state index in [1.54, 1.807) is 14.2 Å². The molecule has 2 atom stereocenters. The van der Waals surface area contributed by atoms with Gasteiger partial charge in [-0.15, -0.1) is 0 Å². The Balaban J connectivity index is 0.000000295. The Morgan fingerprint density at radius 2 is 1.77 bits per heavy atom. The van der Waals surface area contributed by atoms with Crippen molar-refractivity contribution in [3.63, 3.8) is 0 Å². The van der Waals surface area contributed by atoms with Gasteiger partial charge in [0.1, 0.15) is 5.78 Å². The number of Topliss-reactive ketones (excluding diaryl/α,β-unsaturated/α-hetero) is 1. The first-order chi connectivity index (χ1) is 9.81. The van der Waals surface area contributed by atoms with Gasteiger partial charge >= 0.3 is 0 Å². The fourth-order valence-electron chi connectivity index (χ4n) is 3.50. The maximum Gasteiger partial charge on any atom is 0.265 e. The van der Waals surface area contributed by atoms with Crippen LogP contribution in [-0.4, -0.2) is 44.5 Å². The molecule has 2 bridgehead atoms. The van der Waals surface area contributed by atoms with Crippen LogP contribution in [-0.2, 0) is 24.4 Å². The second-order valence-electron chi connectivity index (χ2n) is 7.20. The molecule has 0 aromatic rings. The van der Waals surface area contributed by atoms with Crippen LogP contribution in [0.4, 0.5) is 0 Å². The number of carbonyl (C=O) groups excluding carboxylic acids is 1. The molecule has 2 fully saturated rings. The molecule has 22 heavy (non-hydrogen) atoms. The molecule has 2 rings (SSSR count). The standard InChI is InChI=1S/C10H16O4S.C5H12O2/c1-9(2)7-3-4-10(9,8(11)5-7)6-15(12,13)14;1-5(2,6-3)7-4/h7H,3-6H2,1-2H3,(H,12,13,14);1-4H3. The van der Waals surface area contributed by atoms with E-state index in [4.69, 9.17) is 14.0 Å². The average Bonchev–Trinajstić information content (AvgIpc) is 2.71. The minimum atomic E-state index is -4.08. The molecular weight excluding hydrogens is 308 g/mol. The van der Waals surface area contributed by atoms with E-state index in [0.29, 0.717) is 12.8 Å². The molecule has 2 saturated carbocycles. The van der Waals surface area contributed by atoms with Crippen molar-refractivity contribution in [1.82, 2.24) is 0 Å². The van der Waals surface area contributed by atoms with E-state index >= 15 is 0 Å². The monoisotopic (exact) mass is 336 g/mol. The highest BCUT2D eigenvalue weighted by Crippen LogP contribution is 2.64. The lowest BCUT2D eigenvalue weighted by atomic mass is 9.70. The van der Waals surface area contributed by atoms with E-state index in [-0.39, 0.29) is 17.1 Å². The smallest absolute Gasteiger partial charge is 0.265 e. The summed E-state index contributed by atoms with van der Waals surface area (Å²) in [7, 11) is -0.847. The lowest BCUT2D eigenvalue weighted by Gasteiger charge is -2.35. The summed E-state index contributed by atoms with van der Waals surface area (Å²) in [4.78, 5) is 11.9. The highest BCUT2D eigenvalue weighted by atomic mass is 32.2. The highest BCUT2D eigenvalue weighted by Gasteiger charge is 2.65. The highest BCUT2D eigenvalue weighted by molar-refractivity contribution is 7.85. The molecule has 6 nitrogen and oxygen atoms in total. The first kappa shape index (κ1) is 19.5. The first-order valence-corrected chi connectivity index (χ1v) is 9.01. The maximum atomic E-state index is 11.9. The number of ether oxygens (including phenoxy) is 2. The molecule has 0 heterocycles. The van der Waals surface area contributed by atoms with Crippen molar-refractivity contribution in [2.75, 3.05) is 20.0 Å². The molecule has 1 N–H and O–H groups in total. The van der Waals surface area contributed by atoms with Crippen LogP contribution in [0.5, 0.6) is 0 Å². The van der Waals surface area contributed by atoms with Crippen molar-refractivity contribution in [1.29, 1.82) is 0 Å². The largest absolute Gasteiger partial charge is 0.354 e. The van der Waals surface area contributed by atoms with Crippen LogP contribution in [0, 0.1) is 16.7 Å². The van der Waals surface area contributed by atoms with Gasteiger partial charge in [-0.05, 0) is 38.0 Å². The summed E-state index contributed by atoms with van der Waals surface area (Å²) >= 11 is 0. The summed E-state index contributed by atoms with van der Waals surface area (Å²) in [6.07, 6.45) is 1.97.